The van der Waals surface area contributed by atoms with Crippen molar-refractivity contribution in [2.24, 2.45) is 7.05 Å². The summed E-state index contributed by atoms with van der Waals surface area (Å²) in [5.41, 5.74) is 10.1. The van der Waals surface area contributed by atoms with E-state index in [1.807, 2.05) is 19.2 Å². The molecule has 19 heavy (non-hydrogen) atoms. The second-order valence-corrected chi connectivity index (χ2v) is 4.55. The average Bonchev–Trinajstić information content (AvgIpc) is 2.40. The Labute approximate surface area is 118 Å². The van der Waals surface area contributed by atoms with Crippen molar-refractivity contribution in [2.75, 3.05) is 18.1 Å². The fourth-order valence-corrected chi connectivity index (χ4v) is 2.38. The van der Waals surface area contributed by atoms with Gasteiger partial charge in [0.15, 0.2) is 0 Å². The smallest absolute Gasteiger partial charge is 0.214 e. The fourth-order valence-electron chi connectivity index (χ4n) is 2.38. The number of aromatic nitrogens is 1. The number of halogens is 1. The Kier molecular flexibility index (Phi) is 3.49. The van der Waals surface area contributed by atoms with Crippen LogP contribution in [0.2, 0.25) is 0 Å². The predicted molar refractivity (Wildman–Crippen MR) is 76.6 cm³/mol. The van der Waals surface area contributed by atoms with Crippen molar-refractivity contribution < 1.29 is 17.0 Å². The molecule has 0 bridgehead atoms. The number of nitrogens with zero attached hydrogens (tertiary/aromatic N) is 1. The van der Waals surface area contributed by atoms with Crippen molar-refractivity contribution >= 4 is 33.2 Å². The molecule has 0 atom stereocenters. The number of hydrogen-bond donors (Lipinski definition) is 2. The number of hydrogen-bond acceptors (Lipinski definition) is 2. The Morgan fingerprint density at radius 2 is 1.58 bits per heavy atom. The molecule has 98 valence electrons. The number of anilines is 2. The van der Waals surface area contributed by atoms with Gasteiger partial charge in [0.05, 0.1) is 0 Å². The summed E-state index contributed by atoms with van der Waals surface area (Å²) in [7, 11) is 4.00. The summed E-state index contributed by atoms with van der Waals surface area (Å²) in [5, 5.41) is 5.60. The van der Waals surface area contributed by atoms with Gasteiger partial charge in [-0.2, -0.15) is 4.57 Å². The van der Waals surface area contributed by atoms with Crippen LogP contribution in [0.25, 0.3) is 21.8 Å². The van der Waals surface area contributed by atoms with Crippen LogP contribution in [-0.4, -0.2) is 7.05 Å². The number of benzene rings is 2. The van der Waals surface area contributed by atoms with Crippen LogP contribution in [0.5, 0.6) is 0 Å². The zero-order chi connectivity index (χ0) is 12.7. The Hall–Kier alpha value is -2.00. The molecule has 0 saturated carbocycles. The van der Waals surface area contributed by atoms with E-state index in [0.717, 1.165) is 16.9 Å². The molecular formula is C15H16ClN3. The highest BCUT2D eigenvalue weighted by Gasteiger charge is 2.12. The Balaban J connectivity index is 0.00000133. The van der Waals surface area contributed by atoms with Crippen molar-refractivity contribution in [1.82, 2.24) is 0 Å². The van der Waals surface area contributed by atoms with Gasteiger partial charge in [0, 0.05) is 41.3 Å². The lowest BCUT2D eigenvalue weighted by Gasteiger charge is -2.05. The van der Waals surface area contributed by atoms with Gasteiger partial charge in [-0.25, -0.2) is 0 Å². The van der Waals surface area contributed by atoms with Crippen molar-refractivity contribution in [1.29, 1.82) is 0 Å². The first-order chi connectivity index (χ1) is 8.69. The molecule has 4 heteroatoms. The van der Waals surface area contributed by atoms with Crippen LogP contribution in [0.15, 0.2) is 42.5 Å². The zero-order valence-electron chi connectivity index (χ0n) is 10.9. The van der Waals surface area contributed by atoms with E-state index in [4.69, 9.17) is 5.73 Å². The van der Waals surface area contributed by atoms with Crippen molar-refractivity contribution in [3.8, 4) is 0 Å². The highest BCUT2D eigenvalue weighted by atomic mass is 35.5. The number of nitrogens with two attached hydrogens (primary N) is 1. The molecule has 3 N–H and O–H groups in total. The van der Waals surface area contributed by atoms with Crippen molar-refractivity contribution in [2.45, 2.75) is 0 Å². The second-order valence-electron chi connectivity index (χ2n) is 4.55. The van der Waals surface area contributed by atoms with Crippen LogP contribution < -0.4 is 28.0 Å². The summed E-state index contributed by atoms with van der Waals surface area (Å²) in [5.74, 6) is 0. The highest BCUT2D eigenvalue weighted by molar-refractivity contribution is 5.91. The van der Waals surface area contributed by atoms with Gasteiger partial charge in [-0.3, -0.25) is 0 Å². The first-order valence-corrected chi connectivity index (χ1v) is 5.99. The lowest BCUT2D eigenvalue weighted by molar-refractivity contribution is -0.617. The first kappa shape index (κ1) is 13.4. The standard InChI is InChI=1S/C15H15N3.ClH/c1-17-13-6-4-11-7-10-3-5-12(16)8-14(10)18(2)15(11)9-13;/h3-9H,1-2H3,(H2,16,17);1H. The highest BCUT2D eigenvalue weighted by Crippen LogP contribution is 2.22. The van der Waals surface area contributed by atoms with Gasteiger partial charge in [-0.15, -0.1) is 0 Å². The van der Waals surface area contributed by atoms with Gasteiger partial charge in [-0.05, 0) is 30.3 Å². The van der Waals surface area contributed by atoms with E-state index in [1.165, 1.54) is 16.3 Å². The van der Waals surface area contributed by atoms with E-state index in [1.54, 1.807) is 0 Å². The van der Waals surface area contributed by atoms with Gasteiger partial charge in [0.25, 0.3) is 0 Å². The molecule has 1 heterocycles. The minimum Gasteiger partial charge on any atom is -1.00 e. The van der Waals surface area contributed by atoms with Crippen LogP contribution in [-0.2, 0) is 7.05 Å². The topological polar surface area (TPSA) is 41.9 Å². The number of fused-ring (bicyclic) bond motifs is 2. The van der Waals surface area contributed by atoms with Crippen LogP contribution in [0.1, 0.15) is 0 Å². The van der Waals surface area contributed by atoms with E-state index in [2.05, 4.69) is 47.3 Å². The number of pyridine rings is 1. The molecule has 0 unspecified atom stereocenters. The minimum absolute atomic E-state index is 0. The van der Waals surface area contributed by atoms with Gasteiger partial charge >= 0.3 is 0 Å². The summed E-state index contributed by atoms with van der Waals surface area (Å²) in [6.45, 7) is 0. The third-order valence-electron chi connectivity index (χ3n) is 3.41. The fraction of sp³-hybridized carbons (Fsp3) is 0.133. The molecule has 0 aliphatic rings. The average molecular weight is 274 g/mol. The van der Waals surface area contributed by atoms with Gasteiger partial charge in [-0.1, -0.05) is 0 Å². The van der Waals surface area contributed by atoms with Gasteiger partial charge < -0.3 is 23.5 Å². The summed E-state index contributed by atoms with van der Waals surface area (Å²) in [4.78, 5) is 0. The molecule has 0 amide bonds. The summed E-state index contributed by atoms with van der Waals surface area (Å²) in [6, 6.07) is 14.6. The molecule has 0 aliphatic heterocycles. The molecule has 3 rings (SSSR count). The van der Waals surface area contributed by atoms with E-state index in [-0.39, 0.29) is 12.4 Å². The Bertz CT molecular complexity index is 753. The molecule has 0 spiro atoms. The van der Waals surface area contributed by atoms with Crippen LogP contribution in [0.3, 0.4) is 0 Å². The molecule has 0 radical (unpaired) electrons. The van der Waals surface area contributed by atoms with Crippen LogP contribution in [0, 0.1) is 0 Å². The third kappa shape index (κ3) is 2.17. The predicted octanol–water partition coefficient (Wildman–Crippen LogP) is -0.555. The molecule has 0 saturated heterocycles. The maximum absolute atomic E-state index is 5.87. The molecule has 0 aliphatic carbocycles. The normalized spacial score (nSPS) is 10.4. The molecular weight excluding hydrogens is 258 g/mol. The number of nitrogens with one attached hydrogen (secondary N) is 1. The van der Waals surface area contributed by atoms with Crippen molar-refractivity contribution in [3.63, 3.8) is 0 Å². The Morgan fingerprint density at radius 1 is 0.947 bits per heavy atom. The van der Waals surface area contributed by atoms with Crippen molar-refractivity contribution in [3.05, 3.63) is 42.5 Å². The Morgan fingerprint density at radius 3 is 2.26 bits per heavy atom. The number of nitrogen functional groups attached to an aromatic ring is 1. The first-order valence-electron chi connectivity index (χ1n) is 5.99. The summed E-state index contributed by atoms with van der Waals surface area (Å²) in [6.07, 6.45) is 0. The number of aryl methyl sites for hydroxylation is 1. The van der Waals surface area contributed by atoms with E-state index >= 15 is 0 Å². The SMILES string of the molecule is CNc1ccc2cc3ccc(N)cc3[n+](C)c2c1.[Cl-]. The zero-order valence-corrected chi connectivity index (χ0v) is 11.7. The largest absolute Gasteiger partial charge is 1.00 e. The second kappa shape index (κ2) is 4.94. The summed E-state index contributed by atoms with van der Waals surface area (Å²) >= 11 is 0. The minimum atomic E-state index is 0. The van der Waals surface area contributed by atoms with E-state index < -0.39 is 0 Å². The lowest BCUT2D eigenvalue weighted by atomic mass is 10.1. The maximum atomic E-state index is 5.87. The molecule has 1 aromatic heterocycles. The van der Waals surface area contributed by atoms with Crippen LogP contribution in [0.4, 0.5) is 11.4 Å². The van der Waals surface area contributed by atoms with Crippen LogP contribution >= 0.6 is 0 Å². The maximum Gasteiger partial charge on any atom is 0.214 e. The number of rotatable bonds is 1. The summed E-state index contributed by atoms with van der Waals surface area (Å²) < 4.78 is 2.18. The lowest BCUT2D eigenvalue weighted by Crippen LogP contribution is -3.00. The van der Waals surface area contributed by atoms with E-state index in [9.17, 15) is 0 Å². The molecule has 2 aromatic carbocycles. The molecule has 0 fully saturated rings. The van der Waals surface area contributed by atoms with E-state index in [0.29, 0.717) is 0 Å². The van der Waals surface area contributed by atoms with Gasteiger partial charge in [0.2, 0.25) is 11.0 Å². The molecule has 3 aromatic rings. The van der Waals surface area contributed by atoms with Gasteiger partial charge in [0.1, 0.15) is 7.05 Å². The quantitative estimate of drug-likeness (QED) is 0.355. The monoisotopic (exact) mass is 273 g/mol. The third-order valence-corrected chi connectivity index (χ3v) is 3.41. The molecule has 3 nitrogen and oxygen atoms in total.